The van der Waals surface area contributed by atoms with Crippen molar-refractivity contribution in [3.8, 4) is 5.75 Å². The van der Waals surface area contributed by atoms with Gasteiger partial charge in [-0.15, -0.1) is 0 Å². The Bertz CT molecular complexity index is 460. The van der Waals surface area contributed by atoms with Gasteiger partial charge in [0.25, 0.3) is 0 Å². The maximum Gasteiger partial charge on any atom is 0.314 e. The van der Waals surface area contributed by atoms with E-state index in [0.717, 1.165) is 6.07 Å². The summed E-state index contributed by atoms with van der Waals surface area (Å²) in [6.45, 7) is 6.34. The highest BCUT2D eigenvalue weighted by Crippen LogP contribution is 2.33. The first-order valence-electron chi connectivity index (χ1n) is 5.89. The topological polar surface area (TPSA) is 52.4 Å². The number of ether oxygens (including phenoxy) is 1. The molecular formula is C13H17BrFNO3. The highest BCUT2D eigenvalue weighted by Gasteiger charge is 2.26. The standard InChI is InChI=1S/C13H17BrFNO3/c1-13(2,3)9(7-14)8-19-12-10(15)5-4-6-11(12)16(17)18/h4-6,9H,7-8H2,1-3H3. The van der Waals surface area contributed by atoms with E-state index in [9.17, 15) is 14.5 Å². The van der Waals surface area contributed by atoms with Crippen LogP contribution < -0.4 is 4.74 Å². The van der Waals surface area contributed by atoms with Gasteiger partial charge in [0.15, 0.2) is 5.82 Å². The number of nitrogens with zero attached hydrogens (tertiary/aromatic N) is 1. The Hall–Kier alpha value is -1.17. The van der Waals surface area contributed by atoms with E-state index in [4.69, 9.17) is 4.74 Å². The van der Waals surface area contributed by atoms with Gasteiger partial charge in [-0.3, -0.25) is 10.1 Å². The summed E-state index contributed by atoms with van der Waals surface area (Å²) in [4.78, 5) is 10.2. The quantitative estimate of drug-likeness (QED) is 0.461. The number of halogens is 2. The molecule has 0 spiro atoms. The molecule has 0 aliphatic carbocycles. The predicted molar refractivity (Wildman–Crippen MR) is 75.3 cm³/mol. The fraction of sp³-hybridized carbons (Fsp3) is 0.538. The number of alkyl halides is 1. The number of hydrogen-bond acceptors (Lipinski definition) is 3. The molecule has 0 fully saturated rings. The number of benzene rings is 1. The molecule has 0 N–H and O–H groups in total. The van der Waals surface area contributed by atoms with Gasteiger partial charge in [0, 0.05) is 17.3 Å². The molecule has 0 heterocycles. The zero-order valence-electron chi connectivity index (χ0n) is 11.2. The van der Waals surface area contributed by atoms with E-state index in [1.165, 1.54) is 12.1 Å². The van der Waals surface area contributed by atoms with Crippen LogP contribution in [-0.4, -0.2) is 16.9 Å². The van der Waals surface area contributed by atoms with Crippen LogP contribution in [0.3, 0.4) is 0 Å². The average Bonchev–Trinajstić information content (AvgIpc) is 2.29. The van der Waals surface area contributed by atoms with Crippen LogP contribution in [0.5, 0.6) is 5.75 Å². The van der Waals surface area contributed by atoms with Crippen molar-refractivity contribution in [3.05, 3.63) is 34.1 Å². The number of para-hydroxylation sites is 1. The lowest BCUT2D eigenvalue weighted by molar-refractivity contribution is -0.386. The number of hydrogen-bond donors (Lipinski definition) is 0. The van der Waals surface area contributed by atoms with Crippen LogP contribution in [0.25, 0.3) is 0 Å². The van der Waals surface area contributed by atoms with Gasteiger partial charge in [0.1, 0.15) is 0 Å². The molecule has 0 aromatic heterocycles. The van der Waals surface area contributed by atoms with E-state index in [1.54, 1.807) is 0 Å². The minimum atomic E-state index is -0.712. The summed E-state index contributed by atoms with van der Waals surface area (Å²) in [5, 5.41) is 11.5. The lowest BCUT2D eigenvalue weighted by atomic mass is 9.83. The molecule has 106 valence electrons. The second-order valence-corrected chi connectivity index (χ2v) is 6.02. The SMILES string of the molecule is CC(C)(C)C(CBr)COc1c(F)cccc1[N+](=O)[O-]. The Labute approximate surface area is 120 Å². The molecule has 1 rings (SSSR count). The van der Waals surface area contributed by atoms with Gasteiger partial charge in [-0.2, -0.15) is 0 Å². The lowest BCUT2D eigenvalue weighted by Gasteiger charge is -2.28. The predicted octanol–water partition coefficient (Wildman–Crippen LogP) is 4.17. The highest BCUT2D eigenvalue weighted by molar-refractivity contribution is 9.09. The van der Waals surface area contributed by atoms with Crippen LogP contribution in [0.15, 0.2) is 18.2 Å². The Balaban J connectivity index is 2.91. The molecule has 1 unspecified atom stereocenters. The number of nitro groups is 1. The molecule has 0 radical (unpaired) electrons. The molecule has 0 saturated heterocycles. The van der Waals surface area contributed by atoms with E-state index < -0.39 is 10.7 Å². The number of nitro benzene ring substituents is 1. The van der Waals surface area contributed by atoms with Crippen molar-refractivity contribution in [1.82, 2.24) is 0 Å². The second-order valence-electron chi connectivity index (χ2n) is 5.37. The molecule has 4 nitrogen and oxygen atoms in total. The van der Waals surface area contributed by atoms with Gasteiger partial charge >= 0.3 is 5.69 Å². The fourth-order valence-corrected chi connectivity index (χ4v) is 2.65. The summed E-state index contributed by atoms with van der Waals surface area (Å²) in [6, 6.07) is 3.69. The zero-order chi connectivity index (χ0) is 14.6. The van der Waals surface area contributed by atoms with Crippen molar-refractivity contribution in [2.45, 2.75) is 20.8 Å². The monoisotopic (exact) mass is 333 g/mol. The third-order valence-electron chi connectivity index (χ3n) is 2.98. The lowest BCUT2D eigenvalue weighted by Crippen LogP contribution is -2.28. The third-order valence-corrected chi connectivity index (χ3v) is 3.76. The molecule has 1 aromatic carbocycles. The third kappa shape index (κ3) is 4.16. The molecule has 0 amide bonds. The van der Waals surface area contributed by atoms with Crippen LogP contribution in [-0.2, 0) is 0 Å². The molecular weight excluding hydrogens is 317 g/mol. The Morgan fingerprint density at radius 1 is 1.47 bits per heavy atom. The van der Waals surface area contributed by atoms with Gasteiger partial charge in [-0.1, -0.05) is 42.8 Å². The summed E-state index contributed by atoms with van der Waals surface area (Å²) < 4.78 is 19.0. The normalized spacial score (nSPS) is 13.1. The number of rotatable bonds is 5. The maximum atomic E-state index is 13.6. The van der Waals surface area contributed by atoms with Crippen LogP contribution in [0.2, 0.25) is 0 Å². The van der Waals surface area contributed by atoms with Crippen LogP contribution in [0.1, 0.15) is 20.8 Å². The van der Waals surface area contributed by atoms with Crippen molar-refractivity contribution < 1.29 is 14.1 Å². The fourth-order valence-electron chi connectivity index (χ4n) is 1.49. The van der Waals surface area contributed by atoms with E-state index in [1.807, 2.05) is 20.8 Å². The molecule has 0 aliphatic rings. The van der Waals surface area contributed by atoms with Gasteiger partial charge < -0.3 is 4.74 Å². The largest absolute Gasteiger partial charge is 0.484 e. The summed E-state index contributed by atoms with van der Waals surface area (Å²) in [7, 11) is 0. The van der Waals surface area contributed by atoms with Crippen LogP contribution >= 0.6 is 15.9 Å². The zero-order valence-corrected chi connectivity index (χ0v) is 12.7. The Kier molecular flexibility index (Phi) is 5.29. The van der Waals surface area contributed by atoms with Gasteiger partial charge in [0.2, 0.25) is 5.75 Å². The van der Waals surface area contributed by atoms with Crippen molar-refractivity contribution in [2.24, 2.45) is 11.3 Å². The smallest absolute Gasteiger partial charge is 0.314 e. The Morgan fingerprint density at radius 3 is 2.58 bits per heavy atom. The van der Waals surface area contributed by atoms with E-state index in [2.05, 4.69) is 15.9 Å². The first-order chi connectivity index (χ1) is 8.77. The minimum Gasteiger partial charge on any atom is -0.484 e. The van der Waals surface area contributed by atoms with E-state index in [0.29, 0.717) is 5.33 Å². The minimum absolute atomic E-state index is 0.0382. The first-order valence-corrected chi connectivity index (χ1v) is 7.01. The first kappa shape index (κ1) is 15.9. The molecule has 0 aliphatic heterocycles. The second kappa shape index (κ2) is 6.32. The molecule has 1 aromatic rings. The van der Waals surface area contributed by atoms with E-state index in [-0.39, 0.29) is 29.4 Å². The molecule has 6 heteroatoms. The molecule has 1 atom stereocenters. The molecule has 0 bridgehead atoms. The Morgan fingerprint density at radius 2 is 2.11 bits per heavy atom. The summed E-state index contributed by atoms with van der Waals surface area (Å²) in [5.41, 5.74) is -0.383. The molecule has 0 saturated carbocycles. The summed E-state index contributed by atoms with van der Waals surface area (Å²) >= 11 is 3.38. The average molecular weight is 334 g/mol. The maximum absolute atomic E-state index is 13.6. The summed E-state index contributed by atoms with van der Waals surface area (Å²) in [5.74, 6) is -0.883. The van der Waals surface area contributed by atoms with Crippen molar-refractivity contribution in [2.75, 3.05) is 11.9 Å². The van der Waals surface area contributed by atoms with Crippen molar-refractivity contribution in [3.63, 3.8) is 0 Å². The van der Waals surface area contributed by atoms with Crippen molar-refractivity contribution in [1.29, 1.82) is 0 Å². The van der Waals surface area contributed by atoms with E-state index >= 15 is 0 Å². The van der Waals surface area contributed by atoms with Crippen LogP contribution in [0, 0.1) is 27.3 Å². The van der Waals surface area contributed by atoms with Crippen LogP contribution in [0.4, 0.5) is 10.1 Å². The van der Waals surface area contributed by atoms with Gasteiger partial charge in [0.05, 0.1) is 11.5 Å². The van der Waals surface area contributed by atoms with Crippen molar-refractivity contribution >= 4 is 21.6 Å². The highest BCUT2D eigenvalue weighted by atomic mass is 79.9. The molecule has 19 heavy (non-hydrogen) atoms. The summed E-state index contributed by atoms with van der Waals surface area (Å²) in [6.07, 6.45) is 0. The van der Waals surface area contributed by atoms with Gasteiger partial charge in [-0.25, -0.2) is 4.39 Å². The van der Waals surface area contributed by atoms with Gasteiger partial charge in [-0.05, 0) is 11.5 Å².